The molecule has 0 N–H and O–H groups in total. The summed E-state index contributed by atoms with van der Waals surface area (Å²) in [6.45, 7) is 1.85. The Labute approximate surface area is 83.7 Å². The molecule has 1 heterocycles. The third-order valence-corrected chi connectivity index (χ3v) is 2.96. The Morgan fingerprint density at radius 3 is 3.00 bits per heavy atom. The number of rotatable bonds is 0. The Kier molecular flexibility index (Phi) is 2.04. The lowest BCUT2D eigenvalue weighted by molar-refractivity contribution is 0.638. The smallest absolute Gasteiger partial charge is 0.132 e. The molecule has 0 saturated heterocycles. The van der Waals surface area contributed by atoms with Crippen LogP contribution in [0, 0.1) is 12.7 Å². The Morgan fingerprint density at radius 1 is 1.46 bits per heavy atom. The van der Waals surface area contributed by atoms with E-state index in [1.807, 2.05) is 6.92 Å². The summed E-state index contributed by atoms with van der Waals surface area (Å²) in [5, 5.41) is 0.556. The first-order chi connectivity index (χ1) is 6.20. The van der Waals surface area contributed by atoms with E-state index in [1.165, 1.54) is 6.07 Å². The molecule has 0 fully saturated rings. The van der Waals surface area contributed by atoms with Crippen LogP contribution in [0.4, 0.5) is 4.39 Å². The molecule has 13 heavy (non-hydrogen) atoms. The Morgan fingerprint density at radius 2 is 2.23 bits per heavy atom. The van der Waals surface area contributed by atoms with E-state index in [2.05, 4.69) is 20.9 Å². The Bertz CT molecular complexity index is 468. The monoisotopic (exact) mass is 239 g/mol. The van der Waals surface area contributed by atoms with Crippen molar-refractivity contribution < 1.29 is 4.39 Å². The van der Waals surface area contributed by atoms with Crippen LogP contribution in [0.15, 0.2) is 28.9 Å². The fraction of sp³-hybridized carbons (Fsp3) is 0.100. The molecule has 0 radical (unpaired) electrons. The van der Waals surface area contributed by atoms with Crippen molar-refractivity contribution in [3.8, 4) is 0 Å². The van der Waals surface area contributed by atoms with Crippen molar-refractivity contribution >= 4 is 26.8 Å². The summed E-state index contributed by atoms with van der Waals surface area (Å²) in [4.78, 5) is 4.12. The van der Waals surface area contributed by atoms with Crippen molar-refractivity contribution in [1.29, 1.82) is 0 Å². The minimum absolute atomic E-state index is 0.219. The third-order valence-electron chi connectivity index (χ3n) is 1.96. The van der Waals surface area contributed by atoms with Gasteiger partial charge in [0.2, 0.25) is 0 Å². The molecule has 0 aliphatic rings. The topological polar surface area (TPSA) is 12.9 Å². The van der Waals surface area contributed by atoms with Crippen LogP contribution >= 0.6 is 15.9 Å². The predicted molar refractivity (Wildman–Crippen MR) is 54.1 cm³/mol. The van der Waals surface area contributed by atoms with Gasteiger partial charge in [-0.1, -0.05) is 0 Å². The van der Waals surface area contributed by atoms with Crippen molar-refractivity contribution in [1.82, 2.24) is 4.98 Å². The van der Waals surface area contributed by atoms with Crippen molar-refractivity contribution in [2.75, 3.05) is 0 Å². The van der Waals surface area contributed by atoms with Crippen molar-refractivity contribution in [2.24, 2.45) is 0 Å². The average Bonchev–Trinajstić information content (AvgIpc) is 2.15. The van der Waals surface area contributed by atoms with Crippen molar-refractivity contribution in [3.05, 3.63) is 40.2 Å². The van der Waals surface area contributed by atoms with Gasteiger partial charge in [0, 0.05) is 16.1 Å². The maximum Gasteiger partial charge on any atom is 0.132 e. The zero-order valence-electron chi connectivity index (χ0n) is 7.01. The van der Waals surface area contributed by atoms with Gasteiger partial charge in [-0.25, -0.2) is 4.39 Å². The largest absolute Gasteiger partial charge is 0.255 e. The Balaban J connectivity index is 2.97. The maximum absolute atomic E-state index is 13.4. The SMILES string of the molecule is Cc1cc(F)c2cccnc2c1Br. The number of hydrogen-bond acceptors (Lipinski definition) is 1. The molecule has 1 aromatic carbocycles. The fourth-order valence-electron chi connectivity index (χ4n) is 1.29. The molecule has 1 aromatic heterocycles. The summed E-state index contributed by atoms with van der Waals surface area (Å²) >= 11 is 3.39. The van der Waals surface area contributed by atoms with Gasteiger partial charge in [-0.15, -0.1) is 0 Å². The number of benzene rings is 1. The first-order valence-corrected chi connectivity index (χ1v) is 4.69. The second kappa shape index (κ2) is 3.07. The molecule has 0 spiro atoms. The minimum Gasteiger partial charge on any atom is -0.255 e. The van der Waals surface area contributed by atoms with E-state index < -0.39 is 0 Å². The molecular weight excluding hydrogens is 233 g/mol. The van der Waals surface area contributed by atoms with Crippen LogP contribution in [0.5, 0.6) is 0 Å². The lowest BCUT2D eigenvalue weighted by Crippen LogP contribution is -1.87. The van der Waals surface area contributed by atoms with E-state index in [0.29, 0.717) is 10.9 Å². The van der Waals surface area contributed by atoms with Gasteiger partial charge >= 0.3 is 0 Å². The quantitative estimate of drug-likeness (QED) is 0.687. The molecule has 2 rings (SSSR count). The van der Waals surface area contributed by atoms with Gasteiger partial charge in [-0.05, 0) is 46.6 Å². The summed E-state index contributed by atoms with van der Waals surface area (Å²) < 4.78 is 14.2. The van der Waals surface area contributed by atoms with E-state index >= 15 is 0 Å². The molecule has 2 aromatic rings. The molecule has 0 atom stereocenters. The van der Waals surface area contributed by atoms with E-state index in [4.69, 9.17) is 0 Å². The van der Waals surface area contributed by atoms with Crippen LogP contribution in [0.3, 0.4) is 0 Å². The van der Waals surface area contributed by atoms with Gasteiger partial charge in [0.15, 0.2) is 0 Å². The molecule has 0 amide bonds. The number of aryl methyl sites for hydroxylation is 1. The molecule has 0 aliphatic carbocycles. The van der Waals surface area contributed by atoms with E-state index in [1.54, 1.807) is 18.3 Å². The van der Waals surface area contributed by atoms with Gasteiger partial charge in [-0.3, -0.25) is 4.98 Å². The summed E-state index contributed by atoms with van der Waals surface area (Å²) in [6, 6.07) is 4.96. The zero-order valence-corrected chi connectivity index (χ0v) is 8.60. The van der Waals surface area contributed by atoms with Crippen molar-refractivity contribution in [2.45, 2.75) is 6.92 Å². The summed E-state index contributed by atoms with van der Waals surface area (Å²) in [7, 11) is 0. The predicted octanol–water partition coefficient (Wildman–Crippen LogP) is 3.44. The molecular formula is C10H7BrFN. The molecule has 0 aliphatic heterocycles. The summed E-state index contributed by atoms with van der Waals surface area (Å²) in [5.41, 5.74) is 1.55. The Hall–Kier alpha value is -0.960. The van der Waals surface area contributed by atoms with Crippen molar-refractivity contribution in [3.63, 3.8) is 0 Å². The highest BCUT2D eigenvalue weighted by Gasteiger charge is 2.07. The average molecular weight is 240 g/mol. The maximum atomic E-state index is 13.4. The van der Waals surface area contributed by atoms with Crippen LogP contribution in [-0.2, 0) is 0 Å². The van der Waals surface area contributed by atoms with Crippen LogP contribution in [0.2, 0.25) is 0 Å². The molecule has 0 saturated carbocycles. The second-order valence-corrected chi connectivity index (χ2v) is 3.68. The second-order valence-electron chi connectivity index (χ2n) is 2.89. The molecule has 1 nitrogen and oxygen atoms in total. The van der Waals surface area contributed by atoms with Gasteiger partial charge < -0.3 is 0 Å². The van der Waals surface area contributed by atoms with Crippen LogP contribution in [0.1, 0.15) is 5.56 Å². The molecule has 66 valence electrons. The number of aromatic nitrogens is 1. The number of nitrogens with zero attached hydrogens (tertiary/aromatic N) is 1. The van der Waals surface area contributed by atoms with Crippen LogP contribution in [-0.4, -0.2) is 4.98 Å². The summed E-state index contributed by atoms with van der Waals surface area (Å²) in [5.74, 6) is -0.219. The highest BCUT2D eigenvalue weighted by atomic mass is 79.9. The number of fused-ring (bicyclic) bond motifs is 1. The van der Waals surface area contributed by atoms with Gasteiger partial charge in [0.25, 0.3) is 0 Å². The first-order valence-electron chi connectivity index (χ1n) is 3.89. The molecule has 3 heteroatoms. The molecule has 0 unspecified atom stereocenters. The lowest BCUT2D eigenvalue weighted by Gasteiger charge is -2.03. The highest BCUT2D eigenvalue weighted by Crippen LogP contribution is 2.27. The normalized spacial score (nSPS) is 10.7. The van der Waals surface area contributed by atoms with Crippen LogP contribution in [0.25, 0.3) is 10.9 Å². The number of pyridine rings is 1. The van der Waals surface area contributed by atoms with E-state index in [0.717, 1.165) is 10.0 Å². The van der Waals surface area contributed by atoms with E-state index in [9.17, 15) is 4.39 Å². The van der Waals surface area contributed by atoms with Gasteiger partial charge in [0.05, 0.1) is 5.52 Å². The molecule has 0 bridgehead atoms. The first kappa shape index (κ1) is 8.63. The summed E-state index contributed by atoms with van der Waals surface area (Å²) in [6.07, 6.45) is 1.66. The third kappa shape index (κ3) is 1.33. The van der Waals surface area contributed by atoms with Gasteiger partial charge in [-0.2, -0.15) is 0 Å². The number of halogens is 2. The minimum atomic E-state index is -0.219. The standard InChI is InChI=1S/C10H7BrFN/c1-6-5-8(12)7-3-2-4-13-10(7)9(6)11/h2-5H,1H3. The van der Waals surface area contributed by atoms with E-state index in [-0.39, 0.29) is 5.82 Å². The van der Waals surface area contributed by atoms with Crippen LogP contribution < -0.4 is 0 Å². The lowest BCUT2D eigenvalue weighted by atomic mass is 10.1. The zero-order chi connectivity index (χ0) is 9.42. The number of hydrogen-bond donors (Lipinski definition) is 0. The fourth-order valence-corrected chi connectivity index (χ4v) is 1.72. The van der Waals surface area contributed by atoms with Gasteiger partial charge in [0.1, 0.15) is 5.82 Å². The highest BCUT2D eigenvalue weighted by molar-refractivity contribution is 9.10.